The Hall–Kier alpha value is -0.940. The lowest BCUT2D eigenvalue weighted by Gasteiger charge is -2.11. The third kappa shape index (κ3) is 4.28. The summed E-state index contributed by atoms with van der Waals surface area (Å²) in [5, 5.41) is 9.56. The molecular weight excluding hydrogens is 231 g/mol. The van der Waals surface area contributed by atoms with Crippen molar-refractivity contribution >= 4 is 9.84 Å². The Balaban J connectivity index is 2.73. The molecule has 1 aromatic rings. The molecule has 16 heavy (non-hydrogen) atoms. The molecule has 0 saturated carbocycles. The fourth-order valence-corrected chi connectivity index (χ4v) is 2.37. The summed E-state index contributed by atoms with van der Waals surface area (Å²) in [7, 11) is -3.19. The van der Waals surface area contributed by atoms with E-state index in [4.69, 9.17) is 0 Å². The van der Waals surface area contributed by atoms with Crippen molar-refractivity contribution in [2.75, 3.05) is 12.0 Å². The van der Waals surface area contributed by atoms with Gasteiger partial charge in [0.15, 0.2) is 0 Å². The zero-order valence-corrected chi connectivity index (χ0v) is 10.1. The maximum absolute atomic E-state index is 12.8. The molecule has 0 heterocycles. The molecule has 1 unspecified atom stereocenters. The van der Waals surface area contributed by atoms with Gasteiger partial charge in [0.25, 0.3) is 0 Å². The Morgan fingerprint density at radius 3 is 2.56 bits per heavy atom. The third-order valence-corrected chi connectivity index (χ3v) is 3.25. The standard InChI is InChI=1S/C11H15FO3S/c1-8-5-10(12)4-3-9(8)6-11(13)7-16(2,14)15/h3-5,11,13H,6-7H2,1-2H3. The van der Waals surface area contributed by atoms with Crippen molar-refractivity contribution in [3.8, 4) is 0 Å². The van der Waals surface area contributed by atoms with Gasteiger partial charge >= 0.3 is 0 Å². The minimum absolute atomic E-state index is 0.221. The molecule has 1 rings (SSSR count). The Labute approximate surface area is 94.8 Å². The average molecular weight is 246 g/mol. The van der Waals surface area contributed by atoms with Crippen molar-refractivity contribution < 1.29 is 17.9 Å². The first kappa shape index (κ1) is 13.1. The molecule has 0 aliphatic rings. The largest absolute Gasteiger partial charge is 0.392 e. The van der Waals surface area contributed by atoms with Crippen LogP contribution in [0.15, 0.2) is 18.2 Å². The molecule has 5 heteroatoms. The van der Waals surface area contributed by atoms with Crippen LogP contribution >= 0.6 is 0 Å². The first-order valence-electron chi connectivity index (χ1n) is 4.89. The zero-order chi connectivity index (χ0) is 12.3. The van der Waals surface area contributed by atoms with Crippen molar-refractivity contribution in [2.45, 2.75) is 19.4 Å². The maximum Gasteiger partial charge on any atom is 0.150 e. The van der Waals surface area contributed by atoms with Gasteiger partial charge in [-0.1, -0.05) is 6.07 Å². The summed E-state index contributed by atoms with van der Waals surface area (Å²) in [5.74, 6) is -0.608. The number of sulfone groups is 1. The van der Waals surface area contributed by atoms with E-state index in [0.717, 1.165) is 11.8 Å². The lowest BCUT2D eigenvalue weighted by atomic mass is 10.0. The topological polar surface area (TPSA) is 54.4 Å². The van der Waals surface area contributed by atoms with E-state index in [-0.39, 0.29) is 18.0 Å². The normalized spacial score (nSPS) is 13.8. The van der Waals surface area contributed by atoms with Gasteiger partial charge in [0.1, 0.15) is 15.7 Å². The van der Waals surface area contributed by atoms with Crippen molar-refractivity contribution in [2.24, 2.45) is 0 Å². The molecule has 3 nitrogen and oxygen atoms in total. The molecule has 0 amide bonds. The van der Waals surface area contributed by atoms with Crippen LogP contribution in [0.2, 0.25) is 0 Å². The van der Waals surface area contributed by atoms with Crippen LogP contribution < -0.4 is 0 Å². The van der Waals surface area contributed by atoms with Gasteiger partial charge in [-0.25, -0.2) is 12.8 Å². The van der Waals surface area contributed by atoms with E-state index >= 15 is 0 Å². The van der Waals surface area contributed by atoms with Crippen LogP contribution in [0.4, 0.5) is 4.39 Å². The first-order valence-corrected chi connectivity index (χ1v) is 6.95. The highest BCUT2D eigenvalue weighted by atomic mass is 32.2. The second-order valence-corrected chi connectivity index (χ2v) is 6.21. The van der Waals surface area contributed by atoms with Gasteiger partial charge in [0.05, 0.1) is 11.9 Å². The molecule has 0 saturated heterocycles. The second kappa shape index (κ2) is 4.93. The number of hydrogen-bond acceptors (Lipinski definition) is 3. The first-order chi connectivity index (χ1) is 7.28. The van der Waals surface area contributed by atoms with E-state index in [1.54, 1.807) is 13.0 Å². The third-order valence-electron chi connectivity index (χ3n) is 2.26. The summed E-state index contributed by atoms with van der Waals surface area (Å²) in [5.41, 5.74) is 1.48. The number of rotatable bonds is 4. The van der Waals surface area contributed by atoms with E-state index in [1.165, 1.54) is 12.1 Å². The number of aryl methyl sites for hydroxylation is 1. The molecule has 0 aliphatic carbocycles. The minimum Gasteiger partial charge on any atom is -0.392 e. The molecule has 0 aliphatic heterocycles. The lowest BCUT2D eigenvalue weighted by Crippen LogP contribution is -2.22. The number of benzene rings is 1. The minimum atomic E-state index is -3.19. The van der Waals surface area contributed by atoms with Gasteiger partial charge in [-0.05, 0) is 36.6 Å². The van der Waals surface area contributed by atoms with Crippen molar-refractivity contribution in [1.29, 1.82) is 0 Å². The summed E-state index contributed by atoms with van der Waals surface area (Å²) in [4.78, 5) is 0. The Kier molecular flexibility index (Phi) is 4.04. The summed E-state index contributed by atoms with van der Waals surface area (Å²) >= 11 is 0. The molecule has 1 atom stereocenters. The lowest BCUT2D eigenvalue weighted by molar-refractivity contribution is 0.197. The van der Waals surface area contributed by atoms with Crippen LogP contribution in [0.3, 0.4) is 0 Å². The van der Waals surface area contributed by atoms with Gasteiger partial charge in [0, 0.05) is 6.26 Å². The van der Waals surface area contributed by atoms with Crippen LogP contribution in [-0.4, -0.2) is 31.6 Å². The molecule has 0 radical (unpaired) electrons. The van der Waals surface area contributed by atoms with Crippen LogP contribution in [0.1, 0.15) is 11.1 Å². The summed E-state index contributed by atoms with van der Waals surface area (Å²) in [6, 6.07) is 4.23. The van der Waals surface area contributed by atoms with E-state index in [2.05, 4.69) is 0 Å². The number of hydrogen-bond donors (Lipinski definition) is 1. The fourth-order valence-electron chi connectivity index (χ4n) is 1.55. The van der Waals surface area contributed by atoms with Crippen molar-refractivity contribution in [3.05, 3.63) is 35.1 Å². The number of aliphatic hydroxyl groups excluding tert-OH is 1. The molecular formula is C11H15FO3S. The van der Waals surface area contributed by atoms with Crippen LogP contribution in [0.25, 0.3) is 0 Å². The summed E-state index contributed by atoms with van der Waals surface area (Å²) in [6.45, 7) is 1.73. The Morgan fingerprint density at radius 1 is 1.44 bits per heavy atom. The molecule has 0 spiro atoms. The molecule has 0 bridgehead atoms. The van der Waals surface area contributed by atoms with E-state index in [1.807, 2.05) is 0 Å². The molecule has 1 aromatic carbocycles. The SMILES string of the molecule is Cc1cc(F)ccc1CC(O)CS(C)(=O)=O. The molecule has 90 valence electrons. The Morgan fingerprint density at radius 2 is 2.06 bits per heavy atom. The highest BCUT2D eigenvalue weighted by molar-refractivity contribution is 7.90. The van der Waals surface area contributed by atoms with E-state index in [9.17, 15) is 17.9 Å². The van der Waals surface area contributed by atoms with Crippen molar-refractivity contribution in [1.82, 2.24) is 0 Å². The quantitative estimate of drug-likeness (QED) is 0.865. The number of halogens is 1. The van der Waals surface area contributed by atoms with E-state index in [0.29, 0.717) is 5.56 Å². The van der Waals surface area contributed by atoms with Gasteiger partial charge < -0.3 is 5.11 Å². The highest BCUT2D eigenvalue weighted by Crippen LogP contribution is 2.12. The van der Waals surface area contributed by atoms with Gasteiger partial charge in [-0.3, -0.25) is 0 Å². The highest BCUT2D eigenvalue weighted by Gasteiger charge is 2.14. The summed E-state index contributed by atoms with van der Waals surface area (Å²) < 4.78 is 34.7. The van der Waals surface area contributed by atoms with Crippen LogP contribution in [0.5, 0.6) is 0 Å². The van der Waals surface area contributed by atoms with Crippen LogP contribution in [-0.2, 0) is 16.3 Å². The fraction of sp³-hybridized carbons (Fsp3) is 0.455. The predicted molar refractivity (Wildman–Crippen MR) is 60.6 cm³/mol. The monoisotopic (exact) mass is 246 g/mol. The predicted octanol–water partition coefficient (Wildman–Crippen LogP) is 1.08. The average Bonchev–Trinajstić information content (AvgIpc) is 2.06. The molecule has 1 N–H and O–H groups in total. The zero-order valence-electron chi connectivity index (χ0n) is 9.27. The molecule has 0 aromatic heterocycles. The van der Waals surface area contributed by atoms with E-state index < -0.39 is 15.9 Å². The van der Waals surface area contributed by atoms with Gasteiger partial charge in [-0.2, -0.15) is 0 Å². The molecule has 0 fully saturated rings. The second-order valence-electron chi connectivity index (χ2n) is 4.02. The Bertz CT molecular complexity index is 468. The smallest absolute Gasteiger partial charge is 0.150 e. The van der Waals surface area contributed by atoms with Gasteiger partial charge in [0.2, 0.25) is 0 Å². The summed E-state index contributed by atoms with van der Waals surface area (Å²) in [6.07, 6.45) is 0.353. The van der Waals surface area contributed by atoms with Crippen molar-refractivity contribution in [3.63, 3.8) is 0 Å². The number of aliphatic hydroxyl groups is 1. The van der Waals surface area contributed by atoms with Crippen LogP contribution in [0, 0.1) is 12.7 Å². The van der Waals surface area contributed by atoms with Gasteiger partial charge in [-0.15, -0.1) is 0 Å². The maximum atomic E-state index is 12.8.